The van der Waals surface area contributed by atoms with E-state index in [9.17, 15) is 0 Å². The van der Waals surface area contributed by atoms with Gasteiger partial charge in [0.15, 0.2) is 0 Å². The third kappa shape index (κ3) is 7.36. The summed E-state index contributed by atoms with van der Waals surface area (Å²) in [5.74, 6) is 1.49. The number of aryl methyl sites for hydroxylation is 6. The van der Waals surface area contributed by atoms with Gasteiger partial charge < -0.3 is 19.1 Å². The lowest BCUT2D eigenvalue weighted by atomic mass is 10.1. The molecule has 0 saturated heterocycles. The molecule has 234 valence electrons. The zero-order chi connectivity index (χ0) is 32.9. The number of hydrogen-bond acceptors (Lipinski definition) is 4. The van der Waals surface area contributed by atoms with Crippen LogP contribution in [-0.4, -0.2) is 7.69 Å². The molecule has 0 fully saturated rings. The lowest BCUT2D eigenvalue weighted by molar-refractivity contribution is 0.459. The average molecular weight is 617 g/mol. The SMILES string of the molecule is Cc1ccc(N(c2ccc(OBOc3ccc(N(c4ccc(C)cc4)c4ccc(C)cc4C)cc3)cc2)c2ccc(C)cc2C)cc1. The van der Waals surface area contributed by atoms with E-state index in [-0.39, 0.29) is 7.69 Å². The molecule has 0 heterocycles. The smallest absolute Gasteiger partial charge is 0.529 e. The summed E-state index contributed by atoms with van der Waals surface area (Å²) in [5.41, 5.74) is 14.1. The number of anilines is 6. The Morgan fingerprint density at radius 2 is 0.660 bits per heavy atom. The van der Waals surface area contributed by atoms with Crippen molar-refractivity contribution in [2.24, 2.45) is 0 Å². The number of nitrogens with zero attached hydrogens (tertiary/aromatic N) is 2. The molecule has 0 saturated carbocycles. The van der Waals surface area contributed by atoms with Crippen LogP contribution in [0.25, 0.3) is 0 Å². The van der Waals surface area contributed by atoms with Crippen LogP contribution in [-0.2, 0) is 0 Å². The molecule has 0 radical (unpaired) electrons. The van der Waals surface area contributed by atoms with Gasteiger partial charge in [-0.25, -0.2) is 0 Å². The van der Waals surface area contributed by atoms with Gasteiger partial charge in [-0.3, -0.25) is 0 Å². The largest absolute Gasteiger partial charge is 0.576 e. The van der Waals surface area contributed by atoms with Gasteiger partial charge in [-0.05, 0) is 138 Å². The Labute approximate surface area is 280 Å². The Morgan fingerprint density at radius 3 is 0.979 bits per heavy atom. The van der Waals surface area contributed by atoms with Crippen LogP contribution in [0.1, 0.15) is 33.4 Å². The second-order valence-electron chi connectivity index (χ2n) is 12.3. The zero-order valence-corrected chi connectivity index (χ0v) is 28.1. The molecule has 4 nitrogen and oxygen atoms in total. The van der Waals surface area contributed by atoms with E-state index in [0.29, 0.717) is 0 Å². The van der Waals surface area contributed by atoms with E-state index in [1.807, 2.05) is 24.3 Å². The maximum absolute atomic E-state index is 6.01. The van der Waals surface area contributed by atoms with E-state index in [1.54, 1.807) is 0 Å². The maximum Gasteiger partial charge on any atom is 0.576 e. The van der Waals surface area contributed by atoms with Crippen LogP contribution >= 0.6 is 0 Å². The van der Waals surface area contributed by atoms with Crippen molar-refractivity contribution in [3.05, 3.63) is 167 Å². The van der Waals surface area contributed by atoms with Crippen LogP contribution in [0, 0.1) is 41.5 Å². The minimum absolute atomic E-state index is 0.107. The van der Waals surface area contributed by atoms with Crippen molar-refractivity contribution in [3.8, 4) is 11.5 Å². The summed E-state index contributed by atoms with van der Waals surface area (Å²) in [7, 11) is 0.107. The molecule has 0 amide bonds. The van der Waals surface area contributed by atoms with E-state index in [2.05, 4.69) is 161 Å². The monoisotopic (exact) mass is 616 g/mol. The number of rotatable bonds is 10. The average Bonchev–Trinajstić information content (AvgIpc) is 3.06. The highest BCUT2D eigenvalue weighted by atomic mass is 16.6. The van der Waals surface area contributed by atoms with Gasteiger partial charge in [-0.1, -0.05) is 70.8 Å². The molecule has 0 spiro atoms. The van der Waals surface area contributed by atoms with Crippen LogP contribution in [0.3, 0.4) is 0 Å². The Morgan fingerprint density at radius 1 is 0.362 bits per heavy atom. The Balaban J connectivity index is 1.16. The zero-order valence-electron chi connectivity index (χ0n) is 28.1. The summed E-state index contributed by atoms with van der Waals surface area (Å²) in [4.78, 5) is 4.57. The summed E-state index contributed by atoms with van der Waals surface area (Å²) in [6.45, 7) is 12.8. The molecule has 0 atom stereocenters. The summed E-state index contributed by atoms with van der Waals surface area (Å²) in [6.07, 6.45) is 0. The van der Waals surface area contributed by atoms with Crippen molar-refractivity contribution in [3.63, 3.8) is 0 Å². The topological polar surface area (TPSA) is 24.9 Å². The normalized spacial score (nSPS) is 10.8. The molecule has 0 unspecified atom stereocenters. The van der Waals surface area contributed by atoms with Gasteiger partial charge in [0.25, 0.3) is 0 Å². The number of benzene rings is 6. The van der Waals surface area contributed by atoms with E-state index in [0.717, 1.165) is 45.6 Å². The fourth-order valence-corrected chi connectivity index (χ4v) is 5.90. The van der Waals surface area contributed by atoms with Crippen LogP contribution in [0.15, 0.2) is 133 Å². The lowest BCUT2D eigenvalue weighted by Gasteiger charge is -2.27. The second kappa shape index (κ2) is 13.9. The van der Waals surface area contributed by atoms with Crippen molar-refractivity contribution in [1.29, 1.82) is 0 Å². The summed E-state index contributed by atoms with van der Waals surface area (Å²) >= 11 is 0. The molecule has 6 aromatic carbocycles. The highest BCUT2D eigenvalue weighted by Gasteiger charge is 2.16. The Bertz CT molecular complexity index is 1810. The fourth-order valence-electron chi connectivity index (χ4n) is 5.90. The van der Waals surface area contributed by atoms with Gasteiger partial charge in [-0.15, -0.1) is 0 Å². The molecule has 0 aliphatic heterocycles. The van der Waals surface area contributed by atoms with Crippen molar-refractivity contribution in [1.82, 2.24) is 0 Å². The van der Waals surface area contributed by atoms with Crippen molar-refractivity contribution < 1.29 is 9.31 Å². The summed E-state index contributed by atoms with van der Waals surface area (Å²) in [5, 5.41) is 0. The second-order valence-corrected chi connectivity index (χ2v) is 12.3. The van der Waals surface area contributed by atoms with E-state index < -0.39 is 0 Å². The van der Waals surface area contributed by atoms with Gasteiger partial charge >= 0.3 is 7.69 Å². The molecular formula is C42H41BN2O2. The van der Waals surface area contributed by atoms with Crippen LogP contribution in [0.5, 0.6) is 11.5 Å². The molecule has 6 aromatic rings. The first-order valence-corrected chi connectivity index (χ1v) is 16.1. The quantitative estimate of drug-likeness (QED) is 0.143. The van der Waals surface area contributed by atoms with Gasteiger partial charge in [0.05, 0.1) is 0 Å². The Hall–Kier alpha value is -5.42. The highest BCUT2D eigenvalue weighted by Crippen LogP contribution is 2.39. The van der Waals surface area contributed by atoms with Gasteiger partial charge in [0.1, 0.15) is 11.5 Å². The van der Waals surface area contributed by atoms with Crippen molar-refractivity contribution >= 4 is 41.8 Å². The first kappa shape index (κ1) is 31.6. The van der Waals surface area contributed by atoms with Crippen LogP contribution < -0.4 is 19.1 Å². The van der Waals surface area contributed by atoms with E-state index in [4.69, 9.17) is 9.31 Å². The summed E-state index contributed by atoms with van der Waals surface area (Å²) < 4.78 is 12.0. The van der Waals surface area contributed by atoms with Crippen LogP contribution in [0.4, 0.5) is 34.1 Å². The lowest BCUT2D eigenvalue weighted by Crippen LogP contribution is -2.13. The molecule has 0 N–H and O–H groups in total. The first-order valence-electron chi connectivity index (χ1n) is 16.1. The molecule has 5 heteroatoms. The number of hydrogen-bond donors (Lipinski definition) is 0. The molecule has 47 heavy (non-hydrogen) atoms. The van der Waals surface area contributed by atoms with Gasteiger partial charge in [0.2, 0.25) is 0 Å². The molecule has 0 aliphatic rings. The third-order valence-electron chi connectivity index (χ3n) is 8.41. The van der Waals surface area contributed by atoms with Crippen molar-refractivity contribution in [2.45, 2.75) is 41.5 Å². The predicted octanol–water partition coefficient (Wildman–Crippen LogP) is 11.2. The van der Waals surface area contributed by atoms with Gasteiger partial charge in [-0.2, -0.15) is 0 Å². The summed E-state index contributed by atoms with van der Waals surface area (Å²) in [6, 6.07) is 46.8. The molecule has 0 aromatic heterocycles. The molecule has 0 aliphatic carbocycles. The minimum atomic E-state index is 0.107. The fraction of sp³-hybridized carbons (Fsp3) is 0.143. The molecule has 6 rings (SSSR count). The first-order chi connectivity index (χ1) is 22.7. The van der Waals surface area contributed by atoms with Crippen LogP contribution in [0.2, 0.25) is 0 Å². The standard InChI is InChI=1S/C42H41BN2O2/c1-29-7-13-35(14-8-29)44(41-25-11-31(3)27-33(41)5)37-17-21-39(22-18-37)46-43-47-40-23-19-38(20-24-40)45(36-15-9-30(2)10-16-36)42-26-12-32(4)28-34(42)6/h7-28,43H,1-6H3. The van der Waals surface area contributed by atoms with E-state index in [1.165, 1.54) is 33.4 Å². The highest BCUT2D eigenvalue weighted by molar-refractivity contribution is 6.20. The molecule has 0 bridgehead atoms. The maximum atomic E-state index is 6.01. The van der Waals surface area contributed by atoms with E-state index >= 15 is 0 Å². The van der Waals surface area contributed by atoms with Crippen molar-refractivity contribution in [2.75, 3.05) is 9.80 Å². The minimum Gasteiger partial charge on any atom is -0.529 e. The Kier molecular flexibility index (Phi) is 9.35. The molecular weight excluding hydrogens is 575 g/mol. The third-order valence-corrected chi connectivity index (χ3v) is 8.41. The predicted molar refractivity (Wildman–Crippen MR) is 199 cm³/mol. The van der Waals surface area contributed by atoms with Gasteiger partial charge in [0, 0.05) is 34.1 Å².